The van der Waals surface area contributed by atoms with Gasteiger partial charge >= 0.3 is 0 Å². The zero-order valence-electron chi connectivity index (χ0n) is 13.6. The van der Waals surface area contributed by atoms with E-state index in [1.807, 2.05) is 18.3 Å². The van der Waals surface area contributed by atoms with Crippen molar-refractivity contribution in [1.29, 1.82) is 0 Å². The van der Waals surface area contributed by atoms with Gasteiger partial charge in [0.25, 0.3) is 5.69 Å². The third-order valence-electron chi connectivity index (χ3n) is 4.36. The largest absolute Gasteiger partial charge is 0.366 e. The number of amides is 1. The third kappa shape index (κ3) is 3.81. The van der Waals surface area contributed by atoms with Gasteiger partial charge in [0.05, 0.1) is 4.92 Å². The van der Waals surface area contributed by atoms with E-state index in [4.69, 9.17) is 5.73 Å². The first-order valence-corrected chi connectivity index (χ1v) is 7.98. The van der Waals surface area contributed by atoms with Crippen LogP contribution in [0.15, 0.2) is 42.7 Å². The van der Waals surface area contributed by atoms with Crippen LogP contribution in [0.2, 0.25) is 0 Å². The Kier molecular flexibility index (Phi) is 5.01. The van der Waals surface area contributed by atoms with Crippen molar-refractivity contribution in [1.82, 2.24) is 15.2 Å². The highest BCUT2D eigenvalue weighted by molar-refractivity contribution is 5.93. The minimum atomic E-state index is -0.676. The number of nitrogens with one attached hydrogen (secondary N) is 1. The summed E-state index contributed by atoms with van der Waals surface area (Å²) < 4.78 is 0. The molecule has 1 aromatic heterocycles. The Morgan fingerprint density at radius 2 is 2.28 bits per heavy atom. The summed E-state index contributed by atoms with van der Waals surface area (Å²) >= 11 is 0. The van der Waals surface area contributed by atoms with Crippen LogP contribution in [0.5, 0.6) is 0 Å². The van der Waals surface area contributed by atoms with Gasteiger partial charge in [-0.1, -0.05) is 12.1 Å². The topological polar surface area (TPSA) is 114 Å². The van der Waals surface area contributed by atoms with E-state index in [0.717, 1.165) is 25.2 Å². The van der Waals surface area contributed by atoms with Crippen LogP contribution in [0.25, 0.3) is 0 Å². The number of carbonyl (C=O) groups excluding carboxylic acids is 1. The van der Waals surface area contributed by atoms with E-state index in [2.05, 4.69) is 15.2 Å². The number of nitro groups is 1. The number of rotatable bonds is 5. The van der Waals surface area contributed by atoms with Crippen molar-refractivity contribution in [2.24, 2.45) is 5.73 Å². The van der Waals surface area contributed by atoms with Gasteiger partial charge in [-0.2, -0.15) is 0 Å². The van der Waals surface area contributed by atoms with Crippen molar-refractivity contribution >= 4 is 11.6 Å². The summed E-state index contributed by atoms with van der Waals surface area (Å²) in [5.74, 6) is -0.676. The fourth-order valence-electron chi connectivity index (χ4n) is 3.08. The number of aromatic nitrogens is 1. The summed E-state index contributed by atoms with van der Waals surface area (Å²) in [6.07, 6.45) is 3.53. The van der Waals surface area contributed by atoms with Crippen molar-refractivity contribution in [3.63, 3.8) is 0 Å². The van der Waals surface area contributed by atoms with Crippen molar-refractivity contribution in [2.75, 3.05) is 19.6 Å². The van der Waals surface area contributed by atoms with Gasteiger partial charge in [0.15, 0.2) is 0 Å². The number of hydrogen-bond acceptors (Lipinski definition) is 6. The van der Waals surface area contributed by atoms with Gasteiger partial charge < -0.3 is 11.1 Å². The highest BCUT2D eigenvalue weighted by atomic mass is 16.6. The van der Waals surface area contributed by atoms with Crippen molar-refractivity contribution in [3.8, 4) is 0 Å². The second-order valence-electron chi connectivity index (χ2n) is 5.94. The normalized spacial score (nSPS) is 18.0. The fraction of sp³-hybridized carbons (Fsp3) is 0.294. The highest BCUT2D eigenvalue weighted by Gasteiger charge is 2.26. The van der Waals surface area contributed by atoms with Gasteiger partial charge in [0.2, 0.25) is 5.91 Å². The van der Waals surface area contributed by atoms with Gasteiger partial charge in [0.1, 0.15) is 0 Å². The molecule has 0 aliphatic carbocycles. The molecule has 1 unspecified atom stereocenters. The van der Waals surface area contributed by atoms with E-state index in [-0.39, 0.29) is 17.3 Å². The van der Waals surface area contributed by atoms with E-state index in [1.165, 1.54) is 12.1 Å². The van der Waals surface area contributed by atoms with Gasteiger partial charge in [-0.15, -0.1) is 0 Å². The molecule has 1 aliphatic rings. The molecule has 0 spiro atoms. The standard InChI is InChI=1S/C17H19N5O3/c18-17(23)12-3-4-14(15(8-12)22(24)25)11-21-7-6-20-10-16(21)13-2-1-5-19-9-13/h1-5,8-9,16,20H,6-7,10-11H2,(H2,18,23). The maximum atomic E-state index is 11.4. The minimum absolute atomic E-state index is 0.0814. The van der Waals surface area contributed by atoms with Crippen LogP contribution in [0.1, 0.15) is 27.5 Å². The number of nitro benzene ring substituents is 1. The number of primary amides is 1. The van der Waals surface area contributed by atoms with Crippen LogP contribution in [-0.2, 0) is 6.54 Å². The quantitative estimate of drug-likeness (QED) is 0.624. The molecule has 1 fully saturated rings. The second-order valence-corrected chi connectivity index (χ2v) is 5.94. The predicted octanol–water partition coefficient (Wildman–Crippen LogP) is 1.24. The van der Waals surface area contributed by atoms with Gasteiger partial charge in [-0.05, 0) is 17.7 Å². The minimum Gasteiger partial charge on any atom is -0.366 e. The Balaban J connectivity index is 1.89. The Bertz CT molecular complexity index is 781. The lowest BCUT2D eigenvalue weighted by atomic mass is 10.0. The molecule has 8 nitrogen and oxygen atoms in total. The number of nitrogens with zero attached hydrogens (tertiary/aromatic N) is 3. The van der Waals surface area contributed by atoms with Crippen LogP contribution in [0.3, 0.4) is 0 Å². The third-order valence-corrected chi connectivity index (χ3v) is 4.36. The average molecular weight is 341 g/mol. The smallest absolute Gasteiger partial charge is 0.274 e. The number of hydrogen-bond donors (Lipinski definition) is 2. The molecule has 1 atom stereocenters. The first kappa shape index (κ1) is 17.0. The molecule has 1 saturated heterocycles. The fourth-order valence-corrected chi connectivity index (χ4v) is 3.08. The molecule has 25 heavy (non-hydrogen) atoms. The lowest BCUT2D eigenvalue weighted by Crippen LogP contribution is -2.45. The van der Waals surface area contributed by atoms with Crippen LogP contribution in [0, 0.1) is 10.1 Å². The molecular formula is C17H19N5O3. The number of carbonyl (C=O) groups is 1. The van der Waals surface area contributed by atoms with Crippen molar-refractivity contribution < 1.29 is 9.72 Å². The van der Waals surface area contributed by atoms with Crippen molar-refractivity contribution in [3.05, 3.63) is 69.5 Å². The molecule has 1 aromatic carbocycles. The molecule has 0 bridgehead atoms. The first-order chi connectivity index (χ1) is 12.1. The van der Waals surface area contributed by atoms with Crippen LogP contribution >= 0.6 is 0 Å². The highest BCUT2D eigenvalue weighted by Crippen LogP contribution is 2.27. The molecule has 1 amide bonds. The molecular weight excluding hydrogens is 322 g/mol. The molecule has 1 aliphatic heterocycles. The second kappa shape index (κ2) is 7.37. The van der Waals surface area contributed by atoms with Crippen molar-refractivity contribution in [2.45, 2.75) is 12.6 Å². The number of nitrogens with two attached hydrogens (primary N) is 1. The van der Waals surface area contributed by atoms with Crippen LogP contribution < -0.4 is 11.1 Å². The summed E-state index contributed by atoms with van der Waals surface area (Å²) in [5.41, 5.74) is 6.91. The summed E-state index contributed by atoms with van der Waals surface area (Å²) in [6.45, 7) is 2.73. The maximum Gasteiger partial charge on any atom is 0.274 e. The first-order valence-electron chi connectivity index (χ1n) is 7.98. The summed E-state index contributed by atoms with van der Waals surface area (Å²) in [5, 5.41) is 14.7. The number of benzene rings is 1. The molecule has 130 valence electrons. The molecule has 0 saturated carbocycles. The molecule has 2 heterocycles. The van der Waals surface area contributed by atoms with E-state index in [1.54, 1.807) is 12.3 Å². The Labute approximate surface area is 144 Å². The summed E-state index contributed by atoms with van der Waals surface area (Å²) in [4.78, 5) is 28.6. The van der Waals surface area contributed by atoms with Crippen LogP contribution in [0.4, 0.5) is 5.69 Å². The number of piperazine rings is 1. The monoisotopic (exact) mass is 341 g/mol. The molecule has 2 aromatic rings. The number of pyridine rings is 1. The van der Waals surface area contributed by atoms with E-state index in [9.17, 15) is 14.9 Å². The average Bonchev–Trinajstić information content (AvgIpc) is 2.63. The van der Waals surface area contributed by atoms with E-state index in [0.29, 0.717) is 12.1 Å². The summed E-state index contributed by atoms with van der Waals surface area (Å²) in [7, 11) is 0. The van der Waals surface area contributed by atoms with E-state index >= 15 is 0 Å². The van der Waals surface area contributed by atoms with Gasteiger partial charge in [0, 0.05) is 61.8 Å². The predicted molar refractivity (Wildman–Crippen MR) is 91.9 cm³/mol. The van der Waals surface area contributed by atoms with Crippen LogP contribution in [-0.4, -0.2) is 40.3 Å². The summed E-state index contributed by atoms with van der Waals surface area (Å²) in [6, 6.07) is 8.36. The lowest BCUT2D eigenvalue weighted by molar-refractivity contribution is -0.385. The lowest BCUT2D eigenvalue weighted by Gasteiger charge is -2.36. The molecule has 0 radical (unpaired) electrons. The Hall–Kier alpha value is -2.84. The zero-order valence-corrected chi connectivity index (χ0v) is 13.6. The Morgan fingerprint density at radius 3 is 2.96 bits per heavy atom. The van der Waals surface area contributed by atoms with Gasteiger partial charge in [-0.25, -0.2) is 0 Å². The van der Waals surface area contributed by atoms with Gasteiger partial charge in [-0.3, -0.25) is 24.8 Å². The molecule has 3 rings (SSSR count). The zero-order chi connectivity index (χ0) is 17.8. The SMILES string of the molecule is NC(=O)c1ccc(CN2CCNCC2c2cccnc2)c([N+](=O)[O-])c1. The molecule has 8 heteroatoms. The maximum absolute atomic E-state index is 11.4. The molecule has 3 N–H and O–H groups in total. The Morgan fingerprint density at radius 1 is 1.44 bits per heavy atom. The van der Waals surface area contributed by atoms with E-state index < -0.39 is 10.8 Å².